The van der Waals surface area contributed by atoms with Crippen molar-refractivity contribution in [2.75, 3.05) is 32.0 Å². The van der Waals surface area contributed by atoms with Crippen molar-refractivity contribution in [1.82, 2.24) is 19.7 Å². The van der Waals surface area contributed by atoms with Crippen molar-refractivity contribution < 1.29 is 13.5 Å². The highest BCUT2D eigenvalue weighted by Gasteiger charge is 2.22. The highest BCUT2D eigenvalue weighted by atomic mass is 35.5. The summed E-state index contributed by atoms with van der Waals surface area (Å²) in [6.07, 6.45) is 6.58. The molecule has 1 fully saturated rings. The first-order valence-corrected chi connectivity index (χ1v) is 11.5. The van der Waals surface area contributed by atoms with E-state index in [9.17, 15) is 8.78 Å². The van der Waals surface area contributed by atoms with Crippen LogP contribution in [0.15, 0.2) is 36.8 Å². The number of nitrogens with two attached hydrogens (primary N) is 1. The van der Waals surface area contributed by atoms with Gasteiger partial charge in [0.2, 0.25) is 0 Å². The highest BCUT2D eigenvalue weighted by Crippen LogP contribution is 2.37. The maximum absolute atomic E-state index is 13.9. The average Bonchev–Trinajstić information content (AvgIpc) is 3.29. The zero-order chi connectivity index (χ0) is 23.5. The molecule has 0 aliphatic carbocycles. The van der Waals surface area contributed by atoms with E-state index in [1.165, 1.54) is 12.1 Å². The lowest BCUT2D eigenvalue weighted by molar-refractivity contribution is 0.169. The monoisotopic (exact) mass is 494 g/mol. The number of likely N-dealkylation sites (tertiary alicyclic amines) is 1. The SMILES string of the molecule is C[C@@H](Oc1cc(-c2cnn(C3CCN(CC[18F])CC3)c2)cnc1N)c1c(Cl)ccc(F)c1Cl. The summed E-state index contributed by atoms with van der Waals surface area (Å²) in [5.41, 5.74) is 8.02. The third-order valence-corrected chi connectivity index (χ3v) is 6.65. The molecule has 0 saturated carbocycles. The first kappa shape index (κ1) is 23.7. The first-order chi connectivity index (χ1) is 15.9. The summed E-state index contributed by atoms with van der Waals surface area (Å²) in [5.74, 6) is -0.0418. The van der Waals surface area contributed by atoms with Crippen LogP contribution in [0.2, 0.25) is 10.0 Å². The number of halogens is 4. The molecule has 0 radical (unpaired) electrons. The topological polar surface area (TPSA) is 69.2 Å². The Labute approximate surface area is 201 Å². The molecule has 1 aromatic carbocycles. The number of nitrogens with zero attached hydrogens (tertiary/aromatic N) is 4. The standard InChI is InChI=1S/C23H25Cl2F2N5O/c1-14(21-18(24)2-3-19(27)22(21)25)33-20-10-15(11-29-23(20)28)16-12-30-32(13-16)17-4-7-31(8-5-17)9-6-26/h2-3,10-14,17H,4-9H2,1H3,(H2,28,29)/t14-/m1/s1/i26-1. The Hall–Kier alpha value is -2.42. The van der Waals surface area contributed by atoms with Crippen molar-refractivity contribution in [3.8, 4) is 16.9 Å². The van der Waals surface area contributed by atoms with E-state index >= 15 is 0 Å². The fourth-order valence-electron chi connectivity index (χ4n) is 4.09. The molecule has 10 heteroatoms. The number of aromatic nitrogens is 3. The van der Waals surface area contributed by atoms with Gasteiger partial charge in [0, 0.05) is 53.7 Å². The Bertz CT molecular complexity index is 1120. The molecule has 3 heterocycles. The molecule has 1 aliphatic heterocycles. The first-order valence-electron chi connectivity index (χ1n) is 10.8. The van der Waals surface area contributed by atoms with Crippen molar-refractivity contribution in [1.29, 1.82) is 0 Å². The van der Waals surface area contributed by atoms with Gasteiger partial charge >= 0.3 is 0 Å². The summed E-state index contributed by atoms with van der Waals surface area (Å²) < 4.78 is 34.4. The second-order valence-electron chi connectivity index (χ2n) is 8.10. The molecule has 4 rings (SSSR count). The molecule has 1 atom stereocenters. The number of alkyl halides is 1. The van der Waals surface area contributed by atoms with E-state index in [-0.39, 0.29) is 23.6 Å². The summed E-state index contributed by atoms with van der Waals surface area (Å²) in [4.78, 5) is 6.38. The number of rotatable bonds is 7. The van der Waals surface area contributed by atoms with E-state index < -0.39 is 11.9 Å². The number of hydrogen-bond acceptors (Lipinski definition) is 5. The minimum Gasteiger partial charge on any atom is -0.482 e. The van der Waals surface area contributed by atoms with E-state index in [0.717, 1.165) is 37.1 Å². The van der Waals surface area contributed by atoms with Crippen molar-refractivity contribution in [2.24, 2.45) is 0 Å². The molecule has 1 saturated heterocycles. The molecule has 0 spiro atoms. The van der Waals surface area contributed by atoms with E-state index in [4.69, 9.17) is 33.7 Å². The molecule has 3 aromatic rings. The van der Waals surface area contributed by atoms with Gasteiger partial charge in [0.1, 0.15) is 18.6 Å². The third-order valence-electron chi connectivity index (χ3n) is 5.94. The van der Waals surface area contributed by atoms with Crippen molar-refractivity contribution in [2.45, 2.75) is 31.9 Å². The zero-order valence-electron chi connectivity index (χ0n) is 18.1. The minimum absolute atomic E-state index is 0.0866. The molecule has 2 N–H and O–H groups in total. The van der Waals surface area contributed by atoms with Gasteiger partial charge in [-0.1, -0.05) is 23.2 Å². The summed E-state index contributed by atoms with van der Waals surface area (Å²) in [7, 11) is 0. The minimum atomic E-state index is -0.655. The van der Waals surface area contributed by atoms with Crippen molar-refractivity contribution in [3.05, 3.63) is 58.2 Å². The molecular formula is C23H25Cl2F2N5O. The Kier molecular flexibility index (Phi) is 7.36. The van der Waals surface area contributed by atoms with Crippen LogP contribution in [-0.2, 0) is 0 Å². The van der Waals surface area contributed by atoms with Crippen LogP contribution in [0.5, 0.6) is 5.75 Å². The van der Waals surface area contributed by atoms with Gasteiger partial charge in [0.15, 0.2) is 11.6 Å². The molecule has 0 bridgehead atoms. The molecule has 2 aromatic heterocycles. The molecule has 6 nitrogen and oxygen atoms in total. The number of piperidine rings is 1. The van der Waals surface area contributed by atoms with E-state index in [1.807, 2.05) is 10.9 Å². The summed E-state index contributed by atoms with van der Waals surface area (Å²) in [6, 6.07) is 4.68. The summed E-state index contributed by atoms with van der Waals surface area (Å²) >= 11 is 12.3. The van der Waals surface area contributed by atoms with Gasteiger partial charge in [-0.25, -0.2) is 13.8 Å². The largest absolute Gasteiger partial charge is 0.482 e. The van der Waals surface area contributed by atoms with Crippen LogP contribution in [0, 0.1) is 5.82 Å². The van der Waals surface area contributed by atoms with Crippen LogP contribution in [0.25, 0.3) is 11.1 Å². The number of pyridine rings is 1. The molecular weight excluding hydrogens is 470 g/mol. The Morgan fingerprint density at radius 3 is 2.70 bits per heavy atom. The predicted molar refractivity (Wildman–Crippen MR) is 126 cm³/mol. The van der Waals surface area contributed by atoms with Gasteiger partial charge in [0.05, 0.1) is 17.3 Å². The Balaban J connectivity index is 1.51. The number of benzene rings is 1. The fraction of sp³-hybridized carbons (Fsp3) is 0.391. The van der Waals surface area contributed by atoms with Crippen LogP contribution in [-0.4, -0.2) is 46.0 Å². The van der Waals surface area contributed by atoms with Gasteiger partial charge in [-0.15, -0.1) is 0 Å². The second kappa shape index (κ2) is 10.2. The fourth-order valence-corrected chi connectivity index (χ4v) is 4.76. The van der Waals surface area contributed by atoms with E-state index in [2.05, 4.69) is 15.0 Å². The zero-order valence-corrected chi connectivity index (χ0v) is 19.7. The summed E-state index contributed by atoms with van der Waals surface area (Å²) in [5, 5.41) is 4.74. The lowest BCUT2D eigenvalue weighted by atomic mass is 10.1. The molecule has 176 valence electrons. The quantitative estimate of drug-likeness (QED) is 0.425. The number of ether oxygens (including phenoxy) is 1. The second-order valence-corrected chi connectivity index (χ2v) is 8.88. The van der Waals surface area contributed by atoms with Gasteiger partial charge in [-0.05, 0) is 38.0 Å². The smallest absolute Gasteiger partial charge is 0.166 e. The van der Waals surface area contributed by atoms with Crippen LogP contribution in [0.3, 0.4) is 0 Å². The van der Waals surface area contributed by atoms with Crippen LogP contribution >= 0.6 is 23.2 Å². The average molecular weight is 495 g/mol. The number of anilines is 1. The molecule has 0 unspecified atom stereocenters. The third kappa shape index (κ3) is 5.23. The van der Waals surface area contributed by atoms with Crippen molar-refractivity contribution in [3.63, 3.8) is 0 Å². The van der Waals surface area contributed by atoms with Gasteiger partial charge in [-0.3, -0.25) is 4.68 Å². The van der Waals surface area contributed by atoms with E-state index in [1.54, 1.807) is 25.4 Å². The Morgan fingerprint density at radius 2 is 1.97 bits per heavy atom. The molecule has 1 aliphatic rings. The predicted octanol–water partition coefficient (Wildman–Crippen LogP) is 5.72. The van der Waals surface area contributed by atoms with Gasteiger partial charge in [0.25, 0.3) is 0 Å². The lowest BCUT2D eigenvalue weighted by Gasteiger charge is -2.31. The van der Waals surface area contributed by atoms with Crippen LogP contribution < -0.4 is 10.5 Å². The maximum atomic E-state index is 13.9. The van der Waals surface area contributed by atoms with Gasteiger partial charge < -0.3 is 15.4 Å². The number of nitrogen functional groups attached to an aromatic ring is 1. The lowest BCUT2D eigenvalue weighted by Crippen LogP contribution is -2.36. The van der Waals surface area contributed by atoms with Crippen LogP contribution in [0.1, 0.15) is 37.5 Å². The number of hydrogen-bond donors (Lipinski definition) is 1. The highest BCUT2D eigenvalue weighted by molar-refractivity contribution is 6.36. The van der Waals surface area contributed by atoms with Crippen LogP contribution in [0.4, 0.5) is 14.6 Å². The Morgan fingerprint density at radius 1 is 1.21 bits per heavy atom. The van der Waals surface area contributed by atoms with Crippen molar-refractivity contribution >= 4 is 29.0 Å². The summed E-state index contributed by atoms with van der Waals surface area (Å²) in [6.45, 7) is 3.59. The van der Waals surface area contributed by atoms with Gasteiger partial charge in [-0.2, -0.15) is 5.10 Å². The van der Waals surface area contributed by atoms with E-state index in [0.29, 0.717) is 22.9 Å². The maximum Gasteiger partial charge on any atom is 0.166 e. The normalized spacial score (nSPS) is 16.2. The molecule has 0 amide bonds. The molecule has 33 heavy (non-hydrogen) atoms.